The maximum absolute atomic E-state index is 12.8. The minimum Gasteiger partial charge on any atom is -0.373 e. The Hall–Kier alpha value is -1.53. The summed E-state index contributed by atoms with van der Waals surface area (Å²) in [4.78, 5) is 7.04. The molecule has 1 aromatic heterocycles. The van der Waals surface area contributed by atoms with Crippen LogP contribution in [0.1, 0.15) is 38.4 Å². The lowest BCUT2D eigenvalue weighted by atomic mass is 9.86. The highest BCUT2D eigenvalue weighted by molar-refractivity contribution is 5.48. The van der Waals surface area contributed by atoms with Gasteiger partial charge in [0.1, 0.15) is 11.6 Å². The number of nitrogens with zero attached hydrogens (tertiary/aromatic N) is 2. The van der Waals surface area contributed by atoms with Gasteiger partial charge in [0.05, 0.1) is 0 Å². The van der Waals surface area contributed by atoms with Gasteiger partial charge in [-0.15, -0.1) is 0 Å². The largest absolute Gasteiger partial charge is 0.451 e. The van der Waals surface area contributed by atoms with Crippen molar-refractivity contribution < 1.29 is 13.2 Å². The smallest absolute Gasteiger partial charge is 0.373 e. The highest BCUT2D eigenvalue weighted by Gasteiger charge is 2.35. The topological polar surface area (TPSA) is 49.8 Å². The van der Waals surface area contributed by atoms with Crippen LogP contribution in [0.25, 0.3) is 0 Å². The number of nitrogens with one attached hydrogen (secondary N) is 2. The quantitative estimate of drug-likeness (QED) is 0.893. The fourth-order valence-corrected chi connectivity index (χ4v) is 2.50. The first-order valence-electron chi connectivity index (χ1n) is 6.80. The predicted octanol–water partition coefficient (Wildman–Crippen LogP) is 3.53. The number of rotatable bonds is 3. The number of hydrogen-bond donors (Lipinski definition) is 2. The average Bonchev–Trinajstić information content (AvgIpc) is 2.40. The van der Waals surface area contributed by atoms with E-state index < -0.39 is 12.0 Å². The molecule has 2 unspecified atom stereocenters. The first kappa shape index (κ1) is 14.9. The molecule has 1 aliphatic rings. The average molecular weight is 288 g/mol. The number of hydrogen-bond acceptors (Lipinski definition) is 4. The van der Waals surface area contributed by atoms with Crippen molar-refractivity contribution in [1.29, 1.82) is 0 Å². The summed E-state index contributed by atoms with van der Waals surface area (Å²) in [5.41, 5.74) is 0. The molecule has 1 aliphatic carbocycles. The first-order valence-corrected chi connectivity index (χ1v) is 6.80. The number of halogens is 3. The third-order valence-corrected chi connectivity index (χ3v) is 3.68. The van der Waals surface area contributed by atoms with Crippen molar-refractivity contribution in [3.05, 3.63) is 11.9 Å². The molecule has 1 aromatic rings. The number of alkyl halides is 3. The second kappa shape index (κ2) is 5.85. The summed E-state index contributed by atoms with van der Waals surface area (Å²) in [6, 6.07) is 1.68. The molecule has 7 heteroatoms. The van der Waals surface area contributed by atoms with Crippen molar-refractivity contribution in [2.24, 2.45) is 5.92 Å². The number of aromatic nitrogens is 2. The van der Waals surface area contributed by atoms with Gasteiger partial charge in [-0.3, -0.25) is 0 Å². The fourth-order valence-electron chi connectivity index (χ4n) is 2.50. The van der Waals surface area contributed by atoms with E-state index in [4.69, 9.17) is 0 Å². The minimum absolute atomic E-state index is 0.165. The van der Waals surface area contributed by atoms with Gasteiger partial charge in [-0.25, -0.2) is 9.97 Å². The molecule has 0 bridgehead atoms. The lowest BCUT2D eigenvalue weighted by molar-refractivity contribution is -0.144. The molecule has 0 aromatic carbocycles. The predicted molar refractivity (Wildman–Crippen MR) is 71.6 cm³/mol. The van der Waals surface area contributed by atoms with Crippen LogP contribution >= 0.6 is 0 Å². The Morgan fingerprint density at radius 3 is 2.40 bits per heavy atom. The normalized spacial score (nSPS) is 23.4. The summed E-state index contributed by atoms with van der Waals surface area (Å²) >= 11 is 0. The van der Waals surface area contributed by atoms with Crippen molar-refractivity contribution in [1.82, 2.24) is 9.97 Å². The molecular formula is C13H19F3N4. The summed E-state index contributed by atoms with van der Waals surface area (Å²) in [6.45, 7) is 2.11. The molecule has 112 valence electrons. The van der Waals surface area contributed by atoms with Crippen molar-refractivity contribution >= 4 is 11.6 Å². The highest BCUT2D eigenvalue weighted by atomic mass is 19.4. The zero-order valence-corrected chi connectivity index (χ0v) is 11.6. The second-order valence-electron chi connectivity index (χ2n) is 5.22. The van der Waals surface area contributed by atoms with Gasteiger partial charge in [0.25, 0.3) is 0 Å². The Morgan fingerprint density at radius 1 is 1.15 bits per heavy atom. The maximum Gasteiger partial charge on any atom is 0.451 e. The van der Waals surface area contributed by atoms with Crippen LogP contribution in [-0.2, 0) is 6.18 Å². The van der Waals surface area contributed by atoms with Crippen LogP contribution < -0.4 is 10.6 Å². The zero-order chi connectivity index (χ0) is 14.8. The first-order chi connectivity index (χ1) is 9.40. The summed E-state index contributed by atoms with van der Waals surface area (Å²) in [7, 11) is 1.54. The molecule has 2 atom stereocenters. The monoisotopic (exact) mass is 288 g/mol. The molecule has 4 nitrogen and oxygen atoms in total. The molecule has 0 spiro atoms. The molecule has 0 radical (unpaired) electrons. The summed E-state index contributed by atoms with van der Waals surface area (Å²) in [5.74, 6) is -0.282. The van der Waals surface area contributed by atoms with Crippen LogP contribution in [0.4, 0.5) is 24.8 Å². The van der Waals surface area contributed by atoms with Gasteiger partial charge in [-0.2, -0.15) is 13.2 Å². The molecule has 0 amide bonds. The standard InChI is InChI=1S/C13H19F3N4/c1-8-5-3-4-6-9(8)18-11-7-10(17-2)19-12(20-11)13(14,15)16/h7-9H,3-6H2,1-2H3,(H2,17,18,19,20). The molecule has 2 N–H and O–H groups in total. The fraction of sp³-hybridized carbons (Fsp3) is 0.692. The Morgan fingerprint density at radius 2 is 1.80 bits per heavy atom. The van der Waals surface area contributed by atoms with Gasteiger partial charge in [0.15, 0.2) is 0 Å². The molecule has 0 aliphatic heterocycles. The van der Waals surface area contributed by atoms with E-state index in [1.54, 1.807) is 0 Å². The molecule has 1 fully saturated rings. The van der Waals surface area contributed by atoms with Crippen LogP contribution in [0.3, 0.4) is 0 Å². The molecule has 20 heavy (non-hydrogen) atoms. The molecule has 1 saturated carbocycles. The zero-order valence-electron chi connectivity index (χ0n) is 11.6. The van der Waals surface area contributed by atoms with E-state index in [1.165, 1.54) is 19.5 Å². The van der Waals surface area contributed by atoms with E-state index >= 15 is 0 Å². The van der Waals surface area contributed by atoms with Gasteiger partial charge in [0, 0.05) is 19.2 Å². The Balaban J connectivity index is 2.22. The third kappa shape index (κ3) is 3.52. The Bertz CT molecular complexity index is 461. The Labute approximate surface area is 116 Å². The van der Waals surface area contributed by atoms with Gasteiger partial charge >= 0.3 is 6.18 Å². The maximum atomic E-state index is 12.8. The van der Waals surface area contributed by atoms with E-state index in [9.17, 15) is 13.2 Å². The van der Waals surface area contributed by atoms with Gasteiger partial charge in [0.2, 0.25) is 5.82 Å². The van der Waals surface area contributed by atoms with E-state index in [0.29, 0.717) is 5.92 Å². The highest BCUT2D eigenvalue weighted by Crippen LogP contribution is 2.30. The SMILES string of the molecule is CNc1cc(NC2CCCCC2C)nc(C(F)(F)F)n1. The lowest BCUT2D eigenvalue weighted by Crippen LogP contribution is -2.31. The van der Waals surface area contributed by atoms with Crippen LogP contribution in [0, 0.1) is 5.92 Å². The second-order valence-corrected chi connectivity index (χ2v) is 5.22. The van der Waals surface area contributed by atoms with E-state index in [-0.39, 0.29) is 17.7 Å². The van der Waals surface area contributed by atoms with Crippen LogP contribution in [0.2, 0.25) is 0 Å². The molecule has 0 saturated heterocycles. The van der Waals surface area contributed by atoms with Crippen molar-refractivity contribution in [3.8, 4) is 0 Å². The van der Waals surface area contributed by atoms with Crippen molar-refractivity contribution in [2.45, 2.75) is 44.8 Å². The van der Waals surface area contributed by atoms with Crippen molar-refractivity contribution in [3.63, 3.8) is 0 Å². The molecular weight excluding hydrogens is 269 g/mol. The van der Waals surface area contributed by atoms with E-state index in [2.05, 4.69) is 27.5 Å². The minimum atomic E-state index is -4.54. The van der Waals surface area contributed by atoms with Gasteiger partial charge < -0.3 is 10.6 Å². The summed E-state index contributed by atoms with van der Waals surface area (Å²) in [5, 5.41) is 5.76. The lowest BCUT2D eigenvalue weighted by Gasteiger charge is -2.30. The third-order valence-electron chi connectivity index (χ3n) is 3.68. The molecule has 1 heterocycles. The van der Waals surface area contributed by atoms with Crippen molar-refractivity contribution in [2.75, 3.05) is 17.7 Å². The van der Waals surface area contributed by atoms with Crippen LogP contribution in [0.15, 0.2) is 6.07 Å². The van der Waals surface area contributed by atoms with Crippen LogP contribution in [-0.4, -0.2) is 23.1 Å². The Kier molecular flexibility index (Phi) is 4.35. The van der Waals surface area contributed by atoms with Gasteiger partial charge in [-0.05, 0) is 18.8 Å². The number of anilines is 2. The van der Waals surface area contributed by atoms with E-state index in [0.717, 1.165) is 19.3 Å². The summed E-state index contributed by atoms with van der Waals surface area (Å²) < 4.78 is 38.3. The van der Waals surface area contributed by atoms with Crippen LogP contribution in [0.5, 0.6) is 0 Å². The summed E-state index contributed by atoms with van der Waals surface area (Å²) in [6.07, 6.45) is -0.215. The van der Waals surface area contributed by atoms with E-state index in [1.807, 2.05) is 0 Å². The molecule has 2 rings (SSSR count). The van der Waals surface area contributed by atoms with Gasteiger partial charge in [-0.1, -0.05) is 19.8 Å².